The van der Waals surface area contributed by atoms with Crippen LogP contribution >= 0.6 is 35.3 Å². The van der Waals surface area contributed by atoms with Crippen LogP contribution in [0.1, 0.15) is 16.1 Å². The lowest BCUT2D eigenvalue weighted by molar-refractivity contribution is 0.0957. The van der Waals surface area contributed by atoms with Crippen LogP contribution in [0.5, 0.6) is 11.5 Å². The second kappa shape index (κ2) is 11.6. The van der Waals surface area contributed by atoms with E-state index in [0.29, 0.717) is 41.6 Å². The predicted molar refractivity (Wildman–Crippen MR) is 116 cm³/mol. The number of hydrogen-bond donors (Lipinski definition) is 3. The van der Waals surface area contributed by atoms with Crippen LogP contribution in [0, 0.1) is 0 Å². The fourth-order valence-corrected chi connectivity index (χ4v) is 2.70. The Morgan fingerprint density at radius 2 is 2.08 bits per heavy atom. The highest BCUT2D eigenvalue weighted by Crippen LogP contribution is 2.28. The summed E-state index contributed by atoms with van der Waals surface area (Å²) in [6.45, 7) is 1.03. The highest BCUT2D eigenvalue weighted by Gasteiger charge is 2.06. The van der Waals surface area contributed by atoms with Crippen molar-refractivity contribution < 1.29 is 14.3 Å². The first kappa shape index (κ1) is 22.0. The number of anilines is 1. The molecule has 0 fully saturated rings. The molecule has 0 saturated heterocycles. The molecule has 0 aliphatic carbocycles. The van der Waals surface area contributed by atoms with E-state index < -0.39 is 0 Å². The van der Waals surface area contributed by atoms with E-state index in [4.69, 9.17) is 15.2 Å². The van der Waals surface area contributed by atoms with Crippen molar-refractivity contribution in [2.24, 2.45) is 10.7 Å². The fourth-order valence-electron chi connectivity index (χ4n) is 2.06. The van der Waals surface area contributed by atoms with Crippen LogP contribution in [0.4, 0.5) is 5.69 Å². The molecule has 142 valence electrons. The zero-order valence-electron chi connectivity index (χ0n) is 14.7. The molecule has 0 radical (unpaired) electrons. The van der Waals surface area contributed by atoms with Gasteiger partial charge < -0.3 is 25.8 Å². The Bertz CT molecular complexity index is 723. The summed E-state index contributed by atoms with van der Waals surface area (Å²) in [7, 11) is 3.17. The minimum atomic E-state index is -0.0637. The molecule has 0 aliphatic rings. The summed E-state index contributed by atoms with van der Waals surface area (Å²) >= 11 is 1.42. The molecule has 1 heterocycles. The number of halogens is 1. The molecule has 0 aliphatic heterocycles. The SMILES string of the molecule is COc1ccc(OC)c(NC(N)=NCCCNC(=O)c2cccs2)c1.I. The van der Waals surface area contributed by atoms with Crippen LogP contribution in [-0.2, 0) is 0 Å². The van der Waals surface area contributed by atoms with Gasteiger partial charge in [0.05, 0.1) is 24.8 Å². The first-order valence-electron chi connectivity index (χ1n) is 7.74. The quantitative estimate of drug-likeness (QED) is 0.229. The number of nitrogens with zero attached hydrogens (tertiary/aromatic N) is 1. The Labute approximate surface area is 174 Å². The second-order valence-electron chi connectivity index (χ2n) is 5.04. The van der Waals surface area contributed by atoms with Crippen molar-refractivity contribution in [3.8, 4) is 11.5 Å². The number of methoxy groups -OCH3 is 2. The number of amides is 1. The molecule has 2 aromatic rings. The van der Waals surface area contributed by atoms with Crippen molar-refractivity contribution in [3.05, 3.63) is 40.6 Å². The Morgan fingerprint density at radius 3 is 2.73 bits per heavy atom. The number of nitrogens with two attached hydrogens (primary N) is 1. The molecule has 7 nitrogen and oxygen atoms in total. The average Bonchev–Trinajstić information content (AvgIpc) is 3.16. The van der Waals surface area contributed by atoms with E-state index >= 15 is 0 Å². The van der Waals surface area contributed by atoms with Crippen molar-refractivity contribution in [1.29, 1.82) is 0 Å². The van der Waals surface area contributed by atoms with Gasteiger partial charge in [-0.05, 0) is 30.0 Å². The molecule has 0 atom stereocenters. The zero-order chi connectivity index (χ0) is 18.1. The molecule has 2 rings (SSSR count). The van der Waals surface area contributed by atoms with Crippen LogP contribution < -0.4 is 25.8 Å². The first-order chi connectivity index (χ1) is 12.1. The zero-order valence-corrected chi connectivity index (χ0v) is 17.8. The molecule has 0 saturated carbocycles. The van der Waals surface area contributed by atoms with E-state index in [1.807, 2.05) is 11.4 Å². The van der Waals surface area contributed by atoms with Crippen LogP contribution in [-0.4, -0.2) is 39.2 Å². The van der Waals surface area contributed by atoms with Gasteiger partial charge in [-0.25, -0.2) is 0 Å². The van der Waals surface area contributed by atoms with E-state index in [1.165, 1.54) is 11.3 Å². The van der Waals surface area contributed by atoms with Crippen molar-refractivity contribution in [3.63, 3.8) is 0 Å². The van der Waals surface area contributed by atoms with Gasteiger partial charge in [-0.1, -0.05) is 6.07 Å². The fraction of sp³-hybridized carbons (Fsp3) is 0.294. The molecule has 1 aromatic heterocycles. The van der Waals surface area contributed by atoms with Crippen molar-refractivity contribution in [1.82, 2.24) is 5.32 Å². The summed E-state index contributed by atoms with van der Waals surface area (Å²) in [6.07, 6.45) is 0.689. The standard InChI is InChI=1S/C17H22N4O3S.HI/c1-23-12-6-7-14(24-2)13(11-12)21-17(18)20-9-4-8-19-16(22)15-5-3-10-25-15;/h3,5-7,10-11H,4,8-9H2,1-2H3,(H,19,22)(H3,18,20,21);1H. The molecule has 1 amide bonds. The molecule has 1 aromatic carbocycles. The van der Waals surface area contributed by atoms with Crippen molar-refractivity contribution in [2.45, 2.75) is 6.42 Å². The predicted octanol–water partition coefficient (Wildman–Crippen LogP) is 2.93. The maximum atomic E-state index is 11.8. The van der Waals surface area contributed by atoms with Crippen LogP contribution in [0.15, 0.2) is 40.7 Å². The van der Waals surface area contributed by atoms with Gasteiger partial charge in [0.2, 0.25) is 0 Å². The van der Waals surface area contributed by atoms with Crippen molar-refractivity contribution in [2.75, 3.05) is 32.6 Å². The van der Waals surface area contributed by atoms with Gasteiger partial charge in [0, 0.05) is 19.2 Å². The number of benzene rings is 1. The van der Waals surface area contributed by atoms with Crippen LogP contribution in [0.2, 0.25) is 0 Å². The third kappa shape index (κ3) is 6.71. The highest BCUT2D eigenvalue weighted by molar-refractivity contribution is 14.0. The highest BCUT2D eigenvalue weighted by atomic mass is 127. The first-order valence-corrected chi connectivity index (χ1v) is 8.62. The van der Waals surface area contributed by atoms with E-state index in [0.717, 1.165) is 0 Å². The van der Waals surface area contributed by atoms with Gasteiger partial charge in [-0.15, -0.1) is 35.3 Å². The molecular weight excluding hydrogens is 467 g/mol. The Morgan fingerprint density at radius 1 is 1.27 bits per heavy atom. The molecule has 26 heavy (non-hydrogen) atoms. The van der Waals surface area contributed by atoms with Gasteiger partial charge in [0.25, 0.3) is 5.91 Å². The Balaban J connectivity index is 0.00000338. The number of ether oxygens (including phenoxy) is 2. The van der Waals surface area contributed by atoms with Crippen LogP contribution in [0.25, 0.3) is 0 Å². The summed E-state index contributed by atoms with van der Waals surface area (Å²) in [5.41, 5.74) is 6.57. The second-order valence-corrected chi connectivity index (χ2v) is 5.99. The lowest BCUT2D eigenvalue weighted by atomic mass is 10.2. The molecule has 0 unspecified atom stereocenters. The Hall–Kier alpha value is -2.01. The van der Waals surface area contributed by atoms with Crippen LogP contribution in [0.3, 0.4) is 0 Å². The normalized spacial score (nSPS) is 10.6. The maximum absolute atomic E-state index is 11.8. The Kier molecular flexibility index (Phi) is 9.81. The van der Waals surface area contributed by atoms with Gasteiger partial charge in [0.15, 0.2) is 5.96 Å². The molecule has 4 N–H and O–H groups in total. The minimum Gasteiger partial charge on any atom is -0.497 e. The molecule has 0 bridgehead atoms. The van der Waals surface area contributed by atoms with Gasteiger partial charge >= 0.3 is 0 Å². The number of aliphatic imine (C=N–C) groups is 1. The summed E-state index contributed by atoms with van der Waals surface area (Å²) in [5, 5.41) is 7.71. The molecular formula is C17H23IN4O3S. The minimum absolute atomic E-state index is 0. The van der Waals surface area contributed by atoms with Gasteiger partial charge in [0.1, 0.15) is 11.5 Å². The monoisotopic (exact) mass is 490 g/mol. The number of nitrogens with one attached hydrogen (secondary N) is 2. The number of carbonyl (C=O) groups is 1. The van der Waals surface area contributed by atoms with E-state index in [1.54, 1.807) is 38.5 Å². The number of carbonyl (C=O) groups excluding carboxylic acids is 1. The van der Waals surface area contributed by atoms with Gasteiger partial charge in [-0.3, -0.25) is 9.79 Å². The van der Waals surface area contributed by atoms with E-state index in [9.17, 15) is 4.79 Å². The third-order valence-corrected chi connectivity index (χ3v) is 4.19. The largest absolute Gasteiger partial charge is 0.497 e. The van der Waals surface area contributed by atoms with E-state index in [2.05, 4.69) is 15.6 Å². The lowest BCUT2D eigenvalue weighted by Crippen LogP contribution is -2.25. The average molecular weight is 490 g/mol. The van der Waals surface area contributed by atoms with Crippen molar-refractivity contribution >= 4 is 52.9 Å². The summed E-state index contributed by atoms with van der Waals surface area (Å²) < 4.78 is 10.5. The lowest BCUT2D eigenvalue weighted by Gasteiger charge is -2.12. The van der Waals surface area contributed by atoms with E-state index in [-0.39, 0.29) is 35.8 Å². The molecule has 9 heteroatoms. The number of thiophene rings is 1. The summed E-state index contributed by atoms with van der Waals surface area (Å²) in [6, 6.07) is 9.01. The third-order valence-electron chi connectivity index (χ3n) is 3.32. The number of hydrogen-bond acceptors (Lipinski definition) is 5. The summed E-state index contributed by atoms with van der Waals surface area (Å²) in [4.78, 5) is 16.7. The maximum Gasteiger partial charge on any atom is 0.261 e. The molecule has 0 spiro atoms. The number of rotatable bonds is 8. The number of guanidine groups is 1. The topological polar surface area (TPSA) is 98.0 Å². The summed E-state index contributed by atoms with van der Waals surface area (Å²) in [5.74, 6) is 1.54. The van der Waals surface area contributed by atoms with Gasteiger partial charge in [-0.2, -0.15) is 0 Å². The smallest absolute Gasteiger partial charge is 0.261 e.